The molecule has 1 aliphatic heterocycles. The number of benzene rings is 1. The highest BCUT2D eigenvalue weighted by Crippen LogP contribution is 2.24. The summed E-state index contributed by atoms with van der Waals surface area (Å²) in [5, 5.41) is 3.49. The van der Waals surface area contributed by atoms with Crippen molar-refractivity contribution < 1.29 is 13.6 Å². The van der Waals surface area contributed by atoms with Crippen molar-refractivity contribution in [3.8, 4) is 0 Å². The molecule has 0 aliphatic carbocycles. The average Bonchev–Trinajstić information content (AvgIpc) is 3.10. The molecule has 0 spiro atoms. The smallest absolute Gasteiger partial charge is 0.261 e. The van der Waals surface area contributed by atoms with E-state index in [9.17, 15) is 14.0 Å². The van der Waals surface area contributed by atoms with Gasteiger partial charge < -0.3 is 14.7 Å². The number of carbonyl (C=O) groups is 1. The number of amides is 1. The van der Waals surface area contributed by atoms with Gasteiger partial charge in [0.1, 0.15) is 17.1 Å². The minimum absolute atomic E-state index is 0.0122. The van der Waals surface area contributed by atoms with Crippen molar-refractivity contribution in [3.63, 3.8) is 0 Å². The van der Waals surface area contributed by atoms with E-state index >= 15 is 0 Å². The fraction of sp³-hybridized carbons (Fsp3) is 0.364. The molecular formula is C22H24FN3O3. The van der Waals surface area contributed by atoms with Gasteiger partial charge in [0.05, 0.1) is 17.8 Å². The van der Waals surface area contributed by atoms with Crippen LogP contribution in [0.25, 0.3) is 10.9 Å². The molecule has 7 heteroatoms. The largest absolute Gasteiger partial charge is 0.468 e. The third-order valence-electron chi connectivity index (χ3n) is 5.46. The van der Waals surface area contributed by atoms with Crippen LogP contribution >= 0.6 is 0 Å². The highest BCUT2D eigenvalue weighted by molar-refractivity contribution is 5.97. The van der Waals surface area contributed by atoms with Gasteiger partial charge in [-0.3, -0.25) is 14.5 Å². The van der Waals surface area contributed by atoms with E-state index in [0.717, 1.165) is 31.7 Å². The first-order valence-corrected chi connectivity index (χ1v) is 10.00. The molecule has 3 heterocycles. The van der Waals surface area contributed by atoms with Gasteiger partial charge in [0.25, 0.3) is 11.5 Å². The number of pyridine rings is 1. The molecular weight excluding hydrogens is 373 g/mol. The zero-order chi connectivity index (χ0) is 20.2. The van der Waals surface area contributed by atoms with Gasteiger partial charge in [-0.05, 0) is 67.7 Å². The summed E-state index contributed by atoms with van der Waals surface area (Å²) in [6, 6.07) is 9.26. The Balaban J connectivity index is 1.53. The number of carbonyl (C=O) groups excluding carboxylic acids is 1. The lowest BCUT2D eigenvalue weighted by Crippen LogP contribution is -2.39. The average molecular weight is 397 g/mol. The van der Waals surface area contributed by atoms with Crippen molar-refractivity contribution >= 4 is 16.8 Å². The van der Waals surface area contributed by atoms with Gasteiger partial charge in [-0.1, -0.05) is 12.8 Å². The van der Waals surface area contributed by atoms with Crippen LogP contribution in [-0.4, -0.2) is 35.4 Å². The van der Waals surface area contributed by atoms with Crippen molar-refractivity contribution in [1.29, 1.82) is 0 Å². The Morgan fingerprint density at radius 1 is 1.17 bits per heavy atom. The van der Waals surface area contributed by atoms with E-state index in [1.165, 1.54) is 31.0 Å². The van der Waals surface area contributed by atoms with Gasteiger partial charge >= 0.3 is 0 Å². The Hall–Kier alpha value is -2.93. The molecule has 1 aliphatic rings. The highest BCUT2D eigenvalue weighted by atomic mass is 19.1. The SMILES string of the molecule is O=C(NCC(c1ccco1)N1CCCCCC1)c1cc2ccc(F)cc2[nH]c1=O. The van der Waals surface area contributed by atoms with Crippen LogP contribution in [0.3, 0.4) is 0 Å². The maximum Gasteiger partial charge on any atom is 0.261 e. The van der Waals surface area contributed by atoms with Crippen LogP contribution in [0.4, 0.5) is 4.39 Å². The first kappa shape index (κ1) is 19.4. The maximum absolute atomic E-state index is 13.4. The quantitative estimate of drug-likeness (QED) is 0.689. The van der Waals surface area contributed by atoms with Gasteiger partial charge in [0.2, 0.25) is 0 Å². The second-order valence-corrected chi connectivity index (χ2v) is 7.44. The molecule has 2 N–H and O–H groups in total. The Bertz CT molecular complexity index is 1040. The standard InChI is InChI=1S/C22H24FN3O3/c23-16-8-7-15-12-17(22(28)25-18(15)13-16)21(27)24-14-19(20-6-5-11-29-20)26-9-3-1-2-4-10-26/h5-8,11-13,19H,1-4,9-10,14H2,(H,24,27)(H,25,28). The molecule has 1 saturated heterocycles. The number of aromatic nitrogens is 1. The molecule has 1 atom stereocenters. The van der Waals surface area contributed by atoms with E-state index in [-0.39, 0.29) is 11.6 Å². The van der Waals surface area contributed by atoms with Crippen LogP contribution in [0.5, 0.6) is 0 Å². The van der Waals surface area contributed by atoms with E-state index in [1.54, 1.807) is 12.3 Å². The Morgan fingerprint density at radius 3 is 2.69 bits per heavy atom. The molecule has 4 rings (SSSR count). The molecule has 29 heavy (non-hydrogen) atoms. The van der Waals surface area contributed by atoms with Crippen LogP contribution in [0, 0.1) is 5.82 Å². The van der Waals surface area contributed by atoms with Crippen molar-refractivity contribution in [2.45, 2.75) is 31.7 Å². The molecule has 3 aromatic rings. The number of nitrogens with zero attached hydrogens (tertiary/aromatic N) is 1. The first-order chi connectivity index (χ1) is 14.1. The number of hydrogen-bond acceptors (Lipinski definition) is 4. The highest BCUT2D eigenvalue weighted by Gasteiger charge is 2.25. The van der Waals surface area contributed by atoms with E-state index < -0.39 is 17.3 Å². The number of likely N-dealkylation sites (tertiary alicyclic amines) is 1. The van der Waals surface area contributed by atoms with Gasteiger partial charge in [-0.2, -0.15) is 0 Å². The molecule has 2 aromatic heterocycles. The second kappa shape index (κ2) is 8.61. The van der Waals surface area contributed by atoms with E-state index in [0.29, 0.717) is 17.4 Å². The molecule has 6 nitrogen and oxygen atoms in total. The fourth-order valence-electron chi connectivity index (χ4n) is 3.92. The summed E-state index contributed by atoms with van der Waals surface area (Å²) in [5.74, 6) is -0.0944. The Labute approximate surface area is 167 Å². The van der Waals surface area contributed by atoms with E-state index in [2.05, 4.69) is 15.2 Å². The number of H-pyrrole nitrogens is 1. The van der Waals surface area contributed by atoms with Crippen LogP contribution in [0.15, 0.2) is 51.9 Å². The second-order valence-electron chi connectivity index (χ2n) is 7.44. The Morgan fingerprint density at radius 2 is 1.97 bits per heavy atom. The molecule has 152 valence electrons. The number of hydrogen-bond donors (Lipinski definition) is 2. The van der Waals surface area contributed by atoms with Crippen molar-refractivity contribution in [2.24, 2.45) is 0 Å². The van der Waals surface area contributed by atoms with Crippen molar-refractivity contribution in [2.75, 3.05) is 19.6 Å². The topological polar surface area (TPSA) is 78.3 Å². The fourth-order valence-corrected chi connectivity index (χ4v) is 3.92. The third kappa shape index (κ3) is 4.40. The number of rotatable bonds is 5. The summed E-state index contributed by atoms with van der Waals surface area (Å²) in [7, 11) is 0. The van der Waals surface area contributed by atoms with E-state index in [4.69, 9.17) is 4.42 Å². The zero-order valence-corrected chi connectivity index (χ0v) is 16.1. The third-order valence-corrected chi connectivity index (χ3v) is 5.46. The van der Waals surface area contributed by atoms with Gasteiger partial charge in [-0.15, -0.1) is 0 Å². The number of halogens is 1. The lowest BCUT2D eigenvalue weighted by molar-refractivity contribution is 0.0926. The Kier molecular flexibility index (Phi) is 5.76. The first-order valence-electron chi connectivity index (χ1n) is 10.00. The van der Waals surface area contributed by atoms with Crippen LogP contribution in [-0.2, 0) is 0 Å². The minimum atomic E-state index is -0.537. The maximum atomic E-state index is 13.4. The van der Waals surface area contributed by atoms with Crippen LogP contribution in [0.2, 0.25) is 0 Å². The summed E-state index contributed by atoms with van der Waals surface area (Å²) in [5.41, 5.74) is -0.160. The van der Waals surface area contributed by atoms with Gasteiger partial charge in [0.15, 0.2) is 0 Å². The number of aromatic amines is 1. The molecule has 0 bridgehead atoms. The van der Waals surface area contributed by atoms with Gasteiger partial charge in [0, 0.05) is 6.54 Å². The number of fused-ring (bicyclic) bond motifs is 1. The molecule has 0 radical (unpaired) electrons. The predicted octanol–water partition coefficient (Wildman–Crippen LogP) is 3.61. The number of furan rings is 1. The predicted molar refractivity (Wildman–Crippen MR) is 108 cm³/mol. The summed E-state index contributed by atoms with van der Waals surface area (Å²) in [6.07, 6.45) is 6.29. The molecule has 1 amide bonds. The summed E-state index contributed by atoms with van der Waals surface area (Å²) < 4.78 is 19.0. The minimum Gasteiger partial charge on any atom is -0.468 e. The van der Waals surface area contributed by atoms with Crippen molar-refractivity contribution in [1.82, 2.24) is 15.2 Å². The lowest BCUT2D eigenvalue weighted by atomic mass is 10.1. The van der Waals surface area contributed by atoms with Crippen LogP contribution < -0.4 is 10.9 Å². The normalized spacial score (nSPS) is 16.4. The molecule has 1 unspecified atom stereocenters. The summed E-state index contributed by atoms with van der Waals surface area (Å²) in [4.78, 5) is 30.0. The lowest BCUT2D eigenvalue weighted by Gasteiger charge is -2.29. The van der Waals surface area contributed by atoms with E-state index in [1.807, 2.05) is 12.1 Å². The summed E-state index contributed by atoms with van der Waals surface area (Å²) in [6.45, 7) is 2.24. The number of nitrogens with one attached hydrogen (secondary N) is 2. The monoisotopic (exact) mass is 397 g/mol. The van der Waals surface area contributed by atoms with Crippen LogP contribution in [0.1, 0.15) is 47.8 Å². The molecule has 1 fully saturated rings. The zero-order valence-electron chi connectivity index (χ0n) is 16.1. The molecule has 1 aromatic carbocycles. The summed E-state index contributed by atoms with van der Waals surface area (Å²) >= 11 is 0. The van der Waals surface area contributed by atoms with Crippen molar-refractivity contribution in [3.05, 3.63) is 70.2 Å². The molecule has 0 saturated carbocycles. The van der Waals surface area contributed by atoms with Gasteiger partial charge in [-0.25, -0.2) is 4.39 Å².